The number of esters is 2. The predicted molar refractivity (Wildman–Crippen MR) is 56.2 cm³/mol. The molecule has 2 bridgehead atoms. The zero-order chi connectivity index (χ0) is 13.1. The highest BCUT2D eigenvalue weighted by Gasteiger charge is 2.75. The summed E-state index contributed by atoms with van der Waals surface area (Å²) in [6.07, 6.45) is 0.651. The van der Waals surface area contributed by atoms with Crippen molar-refractivity contribution in [3.63, 3.8) is 0 Å². The number of carboxylic acid groups (broad SMARTS) is 1. The van der Waals surface area contributed by atoms with Crippen molar-refractivity contribution in [3.8, 4) is 0 Å². The molecule has 0 radical (unpaired) electrons. The predicted octanol–water partition coefficient (Wildman–Crippen LogP) is 0.120. The molecule has 3 fully saturated rings. The van der Waals surface area contributed by atoms with Crippen molar-refractivity contribution >= 4 is 17.9 Å². The summed E-state index contributed by atoms with van der Waals surface area (Å²) < 4.78 is 10.3. The van der Waals surface area contributed by atoms with E-state index in [0.29, 0.717) is 6.42 Å². The van der Waals surface area contributed by atoms with Gasteiger partial charge in [-0.05, 0) is 12.8 Å². The average molecular weight is 252 g/mol. The molecule has 0 amide bonds. The third kappa shape index (κ3) is 1.10. The number of carboxylic acids is 1. The minimum absolute atomic E-state index is 0.119. The summed E-state index contributed by atoms with van der Waals surface area (Å²) in [4.78, 5) is 34.4. The van der Waals surface area contributed by atoms with Gasteiger partial charge in [-0.25, -0.2) is 4.79 Å². The van der Waals surface area contributed by atoms with Crippen LogP contribution >= 0.6 is 0 Å². The van der Waals surface area contributed by atoms with Crippen LogP contribution in [-0.2, 0) is 23.9 Å². The molecule has 6 nitrogen and oxygen atoms in total. The molecule has 1 heterocycles. The van der Waals surface area contributed by atoms with Crippen molar-refractivity contribution in [2.45, 2.75) is 25.0 Å². The highest BCUT2D eigenvalue weighted by molar-refractivity contribution is 6.02. The van der Waals surface area contributed by atoms with Gasteiger partial charge in [0.25, 0.3) is 0 Å². The zero-order valence-electron chi connectivity index (χ0n) is 9.50. The average Bonchev–Trinajstić information content (AvgIpc) is 2.90. The first-order chi connectivity index (χ1) is 8.50. The Bertz CT molecular complexity index is 469. The number of rotatable bonds is 3. The maximum absolute atomic E-state index is 11.8. The lowest BCUT2D eigenvalue weighted by Crippen LogP contribution is -2.44. The number of hydrogen-bond acceptors (Lipinski definition) is 5. The van der Waals surface area contributed by atoms with Gasteiger partial charge in [0.1, 0.15) is 12.2 Å². The lowest BCUT2D eigenvalue weighted by atomic mass is 9.73. The highest BCUT2D eigenvalue weighted by Crippen LogP contribution is 2.62. The third-order valence-corrected chi connectivity index (χ3v) is 4.37. The standard InChI is InChI=1S/C12H12O6/c1-2-7(13)17-8-5-3-6-9(8)18-11(16)12(6,4-5)10(14)15/h2,5-6,8-9H,1,3-4H2,(H,14,15)/t5?,6?,8?,9-,12?/m1/s1. The van der Waals surface area contributed by atoms with E-state index in [1.54, 1.807) is 0 Å². The van der Waals surface area contributed by atoms with Crippen LogP contribution in [0.3, 0.4) is 0 Å². The number of carbonyl (C=O) groups excluding carboxylic acids is 2. The fraction of sp³-hybridized carbons (Fsp3) is 0.583. The van der Waals surface area contributed by atoms with Crippen LogP contribution in [0.5, 0.6) is 0 Å². The smallest absolute Gasteiger partial charge is 0.330 e. The van der Waals surface area contributed by atoms with Crippen LogP contribution in [0.4, 0.5) is 0 Å². The maximum Gasteiger partial charge on any atom is 0.330 e. The van der Waals surface area contributed by atoms with Crippen LogP contribution in [0.25, 0.3) is 0 Å². The van der Waals surface area contributed by atoms with Crippen LogP contribution in [0.1, 0.15) is 12.8 Å². The summed E-state index contributed by atoms with van der Waals surface area (Å²) in [5, 5.41) is 9.27. The van der Waals surface area contributed by atoms with Crippen molar-refractivity contribution in [3.05, 3.63) is 12.7 Å². The minimum Gasteiger partial charge on any atom is -0.480 e. The molecule has 4 unspecified atom stereocenters. The number of aliphatic carboxylic acids is 1. The van der Waals surface area contributed by atoms with Crippen molar-refractivity contribution in [2.75, 3.05) is 0 Å². The highest BCUT2D eigenvalue weighted by atomic mass is 16.6. The van der Waals surface area contributed by atoms with E-state index in [1.807, 2.05) is 0 Å². The van der Waals surface area contributed by atoms with Crippen LogP contribution in [0.2, 0.25) is 0 Å². The Labute approximate surface area is 103 Å². The van der Waals surface area contributed by atoms with E-state index in [1.165, 1.54) is 0 Å². The molecular weight excluding hydrogens is 240 g/mol. The first-order valence-electron chi connectivity index (χ1n) is 5.78. The van der Waals surface area contributed by atoms with Gasteiger partial charge in [0.05, 0.1) is 0 Å². The van der Waals surface area contributed by atoms with Gasteiger partial charge in [0.2, 0.25) is 0 Å². The fourth-order valence-corrected chi connectivity index (χ4v) is 3.63. The van der Waals surface area contributed by atoms with E-state index in [4.69, 9.17) is 9.47 Å². The van der Waals surface area contributed by atoms with Crippen LogP contribution in [-0.4, -0.2) is 35.2 Å². The molecule has 18 heavy (non-hydrogen) atoms. The molecule has 3 rings (SSSR count). The van der Waals surface area contributed by atoms with Crippen LogP contribution in [0.15, 0.2) is 12.7 Å². The van der Waals surface area contributed by atoms with Gasteiger partial charge in [0, 0.05) is 17.9 Å². The summed E-state index contributed by atoms with van der Waals surface area (Å²) >= 11 is 0. The van der Waals surface area contributed by atoms with Crippen molar-refractivity contribution in [2.24, 2.45) is 17.3 Å². The Morgan fingerprint density at radius 1 is 1.56 bits per heavy atom. The molecule has 5 atom stereocenters. The molecular formula is C12H12O6. The SMILES string of the molecule is C=CC(=O)OC1C2CC3[C@H]1OC(=O)C3(C(=O)O)C2. The normalized spacial score (nSPS) is 43.7. The second kappa shape index (κ2) is 3.34. The largest absolute Gasteiger partial charge is 0.480 e. The van der Waals surface area contributed by atoms with Gasteiger partial charge >= 0.3 is 17.9 Å². The quantitative estimate of drug-likeness (QED) is 0.436. The van der Waals surface area contributed by atoms with Gasteiger partial charge in [-0.1, -0.05) is 6.58 Å². The molecule has 0 aromatic heterocycles. The van der Waals surface area contributed by atoms with Gasteiger partial charge in [-0.2, -0.15) is 0 Å². The zero-order valence-corrected chi connectivity index (χ0v) is 9.50. The number of fused-ring (bicyclic) bond motifs is 1. The van der Waals surface area contributed by atoms with Crippen molar-refractivity contribution < 1.29 is 29.0 Å². The minimum atomic E-state index is -1.41. The van der Waals surface area contributed by atoms with Gasteiger partial charge in [-0.3, -0.25) is 9.59 Å². The number of hydrogen-bond donors (Lipinski definition) is 1. The van der Waals surface area contributed by atoms with Crippen molar-refractivity contribution in [1.29, 1.82) is 0 Å². The molecule has 1 saturated heterocycles. The van der Waals surface area contributed by atoms with E-state index >= 15 is 0 Å². The first-order valence-corrected chi connectivity index (χ1v) is 5.78. The van der Waals surface area contributed by atoms with Crippen molar-refractivity contribution in [1.82, 2.24) is 0 Å². The topological polar surface area (TPSA) is 89.9 Å². The monoisotopic (exact) mass is 252 g/mol. The molecule has 2 saturated carbocycles. The Hall–Kier alpha value is -1.85. The Balaban J connectivity index is 1.90. The molecule has 6 heteroatoms. The summed E-state index contributed by atoms with van der Waals surface area (Å²) in [5.41, 5.74) is -1.41. The summed E-state index contributed by atoms with van der Waals surface area (Å²) in [6, 6.07) is 0. The second-order valence-corrected chi connectivity index (χ2v) is 5.06. The lowest BCUT2D eigenvalue weighted by molar-refractivity contribution is -0.161. The van der Waals surface area contributed by atoms with E-state index < -0.39 is 35.5 Å². The fourth-order valence-electron chi connectivity index (χ4n) is 3.63. The summed E-state index contributed by atoms with van der Waals surface area (Å²) in [6.45, 7) is 3.31. The molecule has 96 valence electrons. The molecule has 0 spiro atoms. The van der Waals surface area contributed by atoms with Crippen LogP contribution in [0, 0.1) is 17.3 Å². The third-order valence-electron chi connectivity index (χ3n) is 4.37. The Kier molecular flexibility index (Phi) is 2.09. The number of ether oxygens (including phenoxy) is 2. The lowest BCUT2D eigenvalue weighted by Gasteiger charge is -2.28. The molecule has 2 aliphatic carbocycles. The van der Waals surface area contributed by atoms with Gasteiger partial charge in [0.15, 0.2) is 5.41 Å². The molecule has 3 aliphatic rings. The maximum atomic E-state index is 11.8. The first kappa shape index (κ1) is 11.3. The summed E-state index contributed by atoms with van der Waals surface area (Å²) in [5.74, 6) is -2.89. The number of carbonyl (C=O) groups is 3. The molecule has 0 aromatic rings. The summed E-state index contributed by atoms with van der Waals surface area (Å²) in [7, 11) is 0. The van der Waals surface area contributed by atoms with E-state index in [-0.39, 0.29) is 18.3 Å². The van der Waals surface area contributed by atoms with Gasteiger partial charge in [-0.15, -0.1) is 0 Å². The Morgan fingerprint density at radius 3 is 2.89 bits per heavy atom. The Morgan fingerprint density at radius 2 is 2.28 bits per heavy atom. The van der Waals surface area contributed by atoms with E-state index in [2.05, 4.69) is 6.58 Å². The molecule has 1 N–H and O–H groups in total. The van der Waals surface area contributed by atoms with E-state index in [9.17, 15) is 19.5 Å². The van der Waals surface area contributed by atoms with Gasteiger partial charge < -0.3 is 14.6 Å². The molecule has 1 aliphatic heterocycles. The molecule has 0 aromatic carbocycles. The second-order valence-electron chi connectivity index (χ2n) is 5.06. The van der Waals surface area contributed by atoms with E-state index in [0.717, 1.165) is 6.08 Å². The van der Waals surface area contributed by atoms with Crippen LogP contribution < -0.4 is 0 Å².